The van der Waals surface area contributed by atoms with E-state index in [4.69, 9.17) is 9.47 Å². The zero-order valence-corrected chi connectivity index (χ0v) is 19.7. The summed E-state index contributed by atoms with van der Waals surface area (Å²) in [5.74, 6) is -3.38. The van der Waals surface area contributed by atoms with Crippen molar-refractivity contribution < 1.29 is 27.8 Å². The van der Waals surface area contributed by atoms with Gasteiger partial charge < -0.3 is 25.4 Å². The van der Waals surface area contributed by atoms with Crippen LogP contribution in [0.4, 0.5) is 20.2 Å². The fourth-order valence-corrected chi connectivity index (χ4v) is 4.35. The van der Waals surface area contributed by atoms with E-state index in [0.717, 1.165) is 12.5 Å². The van der Waals surface area contributed by atoms with Crippen molar-refractivity contribution in [3.8, 4) is 0 Å². The van der Waals surface area contributed by atoms with Crippen LogP contribution >= 0.6 is 0 Å². The van der Waals surface area contributed by atoms with Crippen LogP contribution in [-0.2, 0) is 31.5 Å². The molecule has 0 bridgehead atoms. The Morgan fingerprint density at radius 1 is 1.06 bits per heavy atom. The molecule has 0 aliphatic carbocycles. The molecule has 0 saturated carbocycles. The van der Waals surface area contributed by atoms with Crippen molar-refractivity contribution in [1.82, 2.24) is 10.6 Å². The number of para-hydroxylation sites is 1. The molecule has 2 aliphatic rings. The van der Waals surface area contributed by atoms with Crippen molar-refractivity contribution in [3.05, 3.63) is 59.7 Å². The topological polar surface area (TPSA) is 88.7 Å². The van der Waals surface area contributed by atoms with E-state index in [2.05, 4.69) is 16.0 Å². The molecule has 0 radical (unpaired) electrons. The second kappa shape index (κ2) is 10.7. The van der Waals surface area contributed by atoms with E-state index in [1.165, 1.54) is 6.07 Å². The van der Waals surface area contributed by atoms with Crippen molar-refractivity contribution in [2.45, 2.75) is 32.2 Å². The number of benzene rings is 2. The molecule has 0 spiro atoms. The summed E-state index contributed by atoms with van der Waals surface area (Å²) in [6, 6.07) is 13.5. The first kappa shape index (κ1) is 25.1. The number of carbonyl (C=O) groups excluding carboxylic acids is 2. The highest BCUT2D eigenvalue weighted by atomic mass is 19.3. The zero-order valence-electron chi connectivity index (χ0n) is 19.7. The van der Waals surface area contributed by atoms with Gasteiger partial charge in [0.1, 0.15) is 0 Å². The van der Waals surface area contributed by atoms with Gasteiger partial charge in [0, 0.05) is 50.2 Å². The highest BCUT2D eigenvalue weighted by Crippen LogP contribution is 2.34. The van der Waals surface area contributed by atoms with Crippen LogP contribution in [-0.4, -0.2) is 44.8 Å². The number of nitrogens with one attached hydrogen (secondary N) is 3. The van der Waals surface area contributed by atoms with Crippen molar-refractivity contribution in [1.29, 1.82) is 0 Å². The standard InChI is InChI=1S/C26H31F2N3O4/c1-25(27,28)21-4-2-3-5-22(21)31-20-8-6-18(7-9-20)14-29-24(33)26(11-13-35-17-26)16-30-23(32)19-10-12-34-15-19/h2-9,19,31H,10-17H2,1H3,(H,29,33)(H,30,32)/t19?,26-/m0/s1. The Balaban J connectivity index is 1.33. The molecule has 2 saturated heterocycles. The third-order valence-electron chi connectivity index (χ3n) is 6.57. The monoisotopic (exact) mass is 487 g/mol. The average Bonchev–Trinajstić information content (AvgIpc) is 3.55. The van der Waals surface area contributed by atoms with Gasteiger partial charge in [-0.1, -0.05) is 30.3 Å². The molecule has 2 aromatic rings. The lowest BCUT2D eigenvalue weighted by atomic mass is 9.85. The van der Waals surface area contributed by atoms with Gasteiger partial charge in [0.05, 0.1) is 24.5 Å². The van der Waals surface area contributed by atoms with Crippen LogP contribution in [0.25, 0.3) is 0 Å². The van der Waals surface area contributed by atoms with Crippen molar-refractivity contribution in [2.24, 2.45) is 11.3 Å². The lowest BCUT2D eigenvalue weighted by molar-refractivity contribution is -0.132. The SMILES string of the molecule is CC(F)(F)c1ccccc1Nc1ccc(CNC(=O)[C@]2(CNC(=O)C3CCOC3)CCOC2)cc1. The molecule has 4 rings (SSSR count). The number of hydrogen-bond donors (Lipinski definition) is 3. The molecule has 2 heterocycles. The van der Waals surface area contributed by atoms with Crippen molar-refractivity contribution in [3.63, 3.8) is 0 Å². The maximum atomic E-state index is 13.9. The van der Waals surface area contributed by atoms with Crippen LogP contribution in [0.3, 0.4) is 0 Å². The molecule has 1 unspecified atom stereocenters. The van der Waals surface area contributed by atoms with E-state index in [0.29, 0.717) is 50.6 Å². The van der Waals surface area contributed by atoms with Gasteiger partial charge in [-0.25, -0.2) is 8.78 Å². The molecular formula is C26H31F2N3O4. The molecule has 2 aliphatic heterocycles. The van der Waals surface area contributed by atoms with E-state index in [1.54, 1.807) is 30.3 Å². The van der Waals surface area contributed by atoms with Gasteiger partial charge in [0.25, 0.3) is 5.92 Å². The Labute approximate surface area is 203 Å². The first-order valence-corrected chi connectivity index (χ1v) is 11.8. The summed E-state index contributed by atoms with van der Waals surface area (Å²) < 4.78 is 38.5. The molecule has 188 valence electrons. The summed E-state index contributed by atoms with van der Waals surface area (Å²) in [5, 5.41) is 8.91. The molecule has 0 aromatic heterocycles. The number of anilines is 2. The molecular weight excluding hydrogens is 456 g/mol. The Morgan fingerprint density at radius 2 is 1.83 bits per heavy atom. The van der Waals surface area contributed by atoms with Crippen LogP contribution in [0.15, 0.2) is 48.5 Å². The van der Waals surface area contributed by atoms with Crippen LogP contribution in [0.5, 0.6) is 0 Å². The predicted octanol–water partition coefficient (Wildman–Crippen LogP) is 3.72. The van der Waals surface area contributed by atoms with Gasteiger partial charge in [-0.15, -0.1) is 0 Å². The normalized spacial score (nSPS) is 22.1. The Bertz CT molecular complexity index is 1030. The van der Waals surface area contributed by atoms with E-state index in [-0.39, 0.29) is 36.4 Å². The number of alkyl halides is 2. The van der Waals surface area contributed by atoms with E-state index < -0.39 is 11.3 Å². The zero-order chi connectivity index (χ0) is 24.9. The molecule has 7 nitrogen and oxygen atoms in total. The van der Waals surface area contributed by atoms with Crippen LogP contribution in [0, 0.1) is 11.3 Å². The van der Waals surface area contributed by atoms with E-state index in [9.17, 15) is 18.4 Å². The maximum absolute atomic E-state index is 13.9. The minimum atomic E-state index is -2.96. The lowest BCUT2D eigenvalue weighted by Crippen LogP contribution is -2.49. The van der Waals surface area contributed by atoms with Crippen LogP contribution in [0.1, 0.15) is 30.9 Å². The second-order valence-corrected chi connectivity index (χ2v) is 9.30. The summed E-state index contributed by atoms with van der Waals surface area (Å²) in [6.07, 6.45) is 1.23. The highest BCUT2D eigenvalue weighted by molar-refractivity contribution is 5.85. The summed E-state index contributed by atoms with van der Waals surface area (Å²) in [4.78, 5) is 25.4. The van der Waals surface area contributed by atoms with Gasteiger partial charge in [-0.3, -0.25) is 9.59 Å². The first-order chi connectivity index (χ1) is 16.8. The molecule has 2 atom stereocenters. The number of carbonyl (C=O) groups is 2. The Kier molecular flexibility index (Phi) is 7.66. The van der Waals surface area contributed by atoms with Gasteiger partial charge in [0.15, 0.2) is 0 Å². The van der Waals surface area contributed by atoms with Gasteiger partial charge >= 0.3 is 0 Å². The minimum absolute atomic E-state index is 0.0760. The van der Waals surface area contributed by atoms with Gasteiger partial charge in [0.2, 0.25) is 11.8 Å². The Hall–Kier alpha value is -3.04. The quantitative estimate of drug-likeness (QED) is 0.502. The van der Waals surface area contributed by atoms with E-state index in [1.807, 2.05) is 12.1 Å². The lowest BCUT2D eigenvalue weighted by Gasteiger charge is -2.27. The van der Waals surface area contributed by atoms with Crippen molar-refractivity contribution in [2.75, 3.05) is 38.3 Å². The Morgan fingerprint density at radius 3 is 2.49 bits per heavy atom. The fourth-order valence-electron chi connectivity index (χ4n) is 4.35. The second-order valence-electron chi connectivity index (χ2n) is 9.30. The molecule has 35 heavy (non-hydrogen) atoms. The summed E-state index contributed by atoms with van der Waals surface area (Å²) in [5.41, 5.74) is 0.991. The number of hydrogen-bond acceptors (Lipinski definition) is 5. The molecule has 9 heteroatoms. The summed E-state index contributed by atoms with van der Waals surface area (Å²) >= 11 is 0. The van der Waals surface area contributed by atoms with Gasteiger partial charge in [-0.2, -0.15) is 0 Å². The molecule has 3 N–H and O–H groups in total. The van der Waals surface area contributed by atoms with Crippen LogP contribution in [0.2, 0.25) is 0 Å². The van der Waals surface area contributed by atoms with Crippen molar-refractivity contribution >= 4 is 23.2 Å². The maximum Gasteiger partial charge on any atom is 0.272 e. The van der Waals surface area contributed by atoms with E-state index >= 15 is 0 Å². The molecule has 2 amide bonds. The number of amides is 2. The average molecular weight is 488 g/mol. The van der Waals surface area contributed by atoms with Gasteiger partial charge in [-0.05, 0) is 36.6 Å². The van der Waals surface area contributed by atoms with Crippen LogP contribution < -0.4 is 16.0 Å². The summed E-state index contributed by atoms with van der Waals surface area (Å²) in [6.45, 7) is 3.11. The molecule has 2 fully saturated rings. The molecule has 2 aromatic carbocycles. The number of rotatable bonds is 9. The third kappa shape index (κ3) is 6.15. The highest BCUT2D eigenvalue weighted by Gasteiger charge is 2.43. The summed E-state index contributed by atoms with van der Waals surface area (Å²) in [7, 11) is 0. The third-order valence-corrected chi connectivity index (χ3v) is 6.57. The largest absolute Gasteiger partial charge is 0.381 e. The minimum Gasteiger partial charge on any atom is -0.381 e. The first-order valence-electron chi connectivity index (χ1n) is 11.8. The fraction of sp³-hybridized carbons (Fsp3) is 0.462. The number of halogens is 2. The smallest absolute Gasteiger partial charge is 0.272 e. The number of ether oxygens (including phenoxy) is 2. The predicted molar refractivity (Wildman–Crippen MR) is 127 cm³/mol.